The molecule has 2 heterocycles. The van der Waals surface area contributed by atoms with Gasteiger partial charge in [-0.25, -0.2) is 4.98 Å². The first kappa shape index (κ1) is 19.7. The van der Waals surface area contributed by atoms with Gasteiger partial charge in [-0.15, -0.1) is 11.3 Å². The number of fused-ring (bicyclic) bond motifs is 2. The lowest BCUT2D eigenvalue weighted by Crippen LogP contribution is -2.54. The van der Waals surface area contributed by atoms with Gasteiger partial charge in [0, 0.05) is 41.3 Å². The van der Waals surface area contributed by atoms with Crippen LogP contribution in [0.3, 0.4) is 0 Å². The van der Waals surface area contributed by atoms with Crippen LogP contribution in [0.25, 0.3) is 0 Å². The highest BCUT2D eigenvalue weighted by molar-refractivity contribution is 7.99. The number of amides is 1. The highest BCUT2D eigenvalue weighted by Gasteiger charge is 2.54. The Kier molecular flexibility index (Phi) is 5.36. The molecule has 1 aromatic heterocycles. The molecule has 0 radical (unpaired) electrons. The number of aryl methyl sites for hydroxylation is 1. The van der Waals surface area contributed by atoms with Gasteiger partial charge >= 0.3 is 0 Å². The molecule has 4 nitrogen and oxygen atoms in total. The van der Waals surface area contributed by atoms with Crippen molar-refractivity contribution in [1.82, 2.24) is 9.88 Å². The van der Waals surface area contributed by atoms with Gasteiger partial charge in [-0.2, -0.15) is 11.8 Å². The summed E-state index contributed by atoms with van der Waals surface area (Å²) in [6, 6.07) is 0. The lowest BCUT2D eigenvalue weighted by molar-refractivity contribution is -0.144. The summed E-state index contributed by atoms with van der Waals surface area (Å²) in [4.78, 5) is 21.3. The number of aromatic nitrogens is 1. The number of aliphatic hydroxyl groups excluding tert-OH is 1. The Labute approximate surface area is 171 Å². The maximum atomic E-state index is 13.1. The van der Waals surface area contributed by atoms with Gasteiger partial charge in [0.05, 0.1) is 16.8 Å². The van der Waals surface area contributed by atoms with Crippen LogP contribution in [0.2, 0.25) is 0 Å². The Bertz CT molecular complexity index is 715. The maximum Gasteiger partial charge on any atom is 0.225 e. The summed E-state index contributed by atoms with van der Waals surface area (Å²) < 4.78 is 0. The molecule has 0 aromatic carbocycles. The Balaban J connectivity index is 1.56. The third-order valence-electron chi connectivity index (χ3n) is 7.38. The highest BCUT2D eigenvalue weighted by Crippen LogP contribution is 2.57. The van der Waals surface area contributed by atoms with Crippen LogP contribution in [0.1, 0.15) is 55.1 Å². The molecular formula is C21H32N2O2S2. The zero-order chi connectivity index (χ0) is 19.3. The lowest BCUT2D eigenvalue weighted by Gasteiger charge is -2.53. The van der Waals surface area contributed by atoms with Crippen molar-refractivity contribution in [1.29, 1.82) is 0 Å². The highest BCUT2D eigenvalue weighted by atomic mass is 32.2. The topological polar surface area (TPSA) is 53.4 Å². The normalized spacial score (nSPS) is 37.4. The third kappa shape index (κ3) is 3.36. The molecular weight excluding hydrogens is 376 g/mol. The van der Waals surface area contributed by atoms with Gasteiger partial charge in [0.15, 0.2) is 0 Å². The second-order valence-corrected chi connectivity index (χ2v) is 11.6. The second kappa shape index (κ2) is 7.34. The van der Waals surface area contributed by atoms with E-state index in [4.69, 9.17) is 4.98 Å². The van der Waals surface area contributed by atoms with Crippen LogP contribution in [-0.4, -0.2) is 51.6 Å². The minimum absolute atomic E-state index is 0.0638. The number of hydrogen-bond acceptors (Lipinski definition) is 5. The van der Waals surface area contributed by atoms with Crippen LogP contribution in [0.5, 0.6) is 0 Å². The van der Waals surface area contributed by atoms with E-state index in [0.29, 0.717) is 0 Å². The zero-order valence-electron chi connectivity index (χ0n) is 16.9. The quantitative estimate of drug-likeness (QED) is 0.810. The van der Waals surface area contributed by atoms with Gasteiger partial charge in [0.2, 0.25) is 5.91 Å². The number of aliphatic hydroxyl groups is 1. The van der Waals surface area contributed by atoms with E-state index in [1.54, 1.807) is 0 Å². The summed E-state index contributed by atoms with van der Waals surface area (Å²) >= 11 is 3.75. The molecule has 1 amide bonds. The Morgan fingerprint density at radius 2 is 2.07 bits per heavy atom. The van der Waals surface area contributed by atoms with Crippen LogP contribution in [-0.2, 0) is 11.2 Å². The molecule has 1 N–H and O–H groups in total. The fraction of sp³-hybridized carbons (Fsp3) is 0.810. The molecule has 2 aliphatic carbocycles. The molecule has 0 bridgehead atoms. The van der Waals surface area contributed by atoms with Crippen molar-refractivity contribution in [3.8, 4) is 0 Å². The summed E-state index contributed by atoms with van der Waals surface area (Å²) in [6.07, 6.45) is 2.64. The van der Waals surface area contributed by atoms with E-state index in [1.165, 1.54) is 10.6 Å². The van der Waals surface area contributed by atoms with E-state index in [1.807, 2.05) is 34.9 Å². The summed E-state index contributed by atoms with van der Waals surface area (Å²) in [5, 5.41) is 12.6. The molecule has 2 fully saturated rings. The van der Waals surface area contributed by atoms with E-state index in [0.717, 1.165) is 48.9 Å². The van der Waals surface area contributed by atoms with Crippen LogP contribution < -0.4 is 0 Å². The molecule has 4 rings (SSSR count). The van der Waals surface area contributed by atoms with E-state index in [-0.39, 0.29) is 35.0 Å². The standard InChI is InChI=1S/C21H32N2O2S2/c1-12(20(25)23-7-9-26-10-8-23)15-5-6-21(4)11-16-18(22-14(3)27-16)13(2)17(21)19(15)24/h12-13,15,17,19,24H,5-11H2,1-4H3/t12-,13-,15?,17+,19-,21-/m0/s1. The molecule has 3 aliphatic rings. The van der Waals surface area contributed by atoms with Crippen LogP contribution in [0.4, 0.5) is 0 Å². The Hall–Kier alpha value is -0.590. The van der Waals surface area contributed by atoms with Crippen molar-refractivity contribution in [2.45, 2.75) is 59.0 Å². The second-order valence-electron chi connectivity index (χ2n) is 9.11. The molecule has 1 aromatic rings. The van der Waals surface area contributed by atoms with Crippen molar-refractivity contribution in [2.24, 2.45) is 23.2 Å². The van der Waals surface area contributed by atoms with Gasteiger partial charge in [0.1, 0.15) is 0 Å². The van der Waals surface area contributed by atoms with Crippen molar-refractivity contribution in [3.63, 3.8) is 0 Å². The Morgan fingerprint density at radius 3 is 2.78 bits per heavy atom. The minimum atomic E-state index is -0.424. The first-order chi connectivity index (χ1) is 12.8. The fourth-order valence-electron chi connectivity index (χ4n) is 5.92. The average molecular weight is 409 g/mol. The average Bonchev–Trinajstić information content (AvgIpc) is 3.01. The summed E-state index contributed by atoms with van der Waals surface area (Å²) in [5.41, 5.74) is 1.32. The van der Waals surface area contributed by atoms with Crippen molar-refractivity contribution in [3.05, 3.63) is 15.6 Å². The molecule has 1 aliphatic heterocycles. The number of thiazole rings is 1. The monoisotopic (exact) mass is 408 g/mol. The maximum absolute atomic E-state index is 13.1. The molecule has 6 atom stereocenters. The largest absolute Gasteiger partial charge is 0.392 e. The van der Waals surface area contributed by atoms with Gasteiger partial charge in [-0.1, -0.05) is 20.8 Å². The van der Waals surface area contributed by atoms with Gasteiger partial charge < -0.3 is 10.0 Å². The smallest absolute Gasteiger partial charge is 0.225 e. The molecule has 150 valence electrons. The van der Waals surface area contributed by atoms with Gasteiger partial charge in [-0.05, 0) is 43.4 Å². The number of nitrogens with zero attached hydrogens (tertiary/aromatic N) is 2. The molecule has 6 heteroatoms. The van der Waals surface area contributed by atoms with E-state index < -0.39 is 6.10 Å². The molecule has 1 saturated heterocycles. The predicted molar refractivity (Wildman–Crippen MR) is 112 cm³/mol. The molecule has 0 spiro atoms. The summed E-state index contributed by atoms with van der Waals surface area (Å²) in [7, 11) is 0. The number of carbonyl (C=O) groups excluding carboxylic acids is 1. The molecule has 1 unspecified atom stereocenters. The van der Waals surface area contributed by atoms with E-state index in [2.05, 4.69) is 20.8 Å². The van der Waals surface area contributed by atoms with Crippen molar-refractivity contribution >= 4 is 29.0 Å². The van der Waals surface area contributed by atoms with Gasteiger partial charge in [0.25, 0.3) is 0 Å². The van der Waals surface area contributed by atoms with Crippen LogP contribution in [0, 0.1) is 30.1 Å². The van der Waals surface area contributed by atoms with Crippen LogP contribution in [0.15, 0.2) is 0 Å². The van der Waals surface area contributed by atoms with Crippen LogP contribution >= 0.6 is 23.1 Å². The van der Waals surface area contributed by atoms with E-state index >= 15 is 0 Å². The van der Waals surface area contributed by atoms with Crippen molar-refractivity contribution < 1.29 is 9.90 Å². The summed E-state index contributed by atoms with van der Waals surface area (Å²) in [6.45, 7) is 10.4. The minimum Gasteiger partial charge on any atom is -0.392 e. The first-order valence-corrected chi connectivity index (χ1v) is 12.3. The lowest BCUT2D eigenvalue weighted by atomic mass is 9.53. The van der Waals surface area contributed by atoms with Crippen molar-refractivity contribution in [2.75, 3.05) is 24.6 Å². The first-order valence-electron chi connectivity index (χ1n) is 10.3. The summed E-state index contributed by atoms with van der Waals surface area (Å²) in [5.74, 6) is 2.74. The molecule has 1 saturated carbocycles. The number of carbonyl (C=O) groups is 1. The molecule has 27 heavy (non-hydrogen) atoms. The van der Waals surface area contributed by atoms with Gasteiger partial charge in [-0.3, -0.25) is 4.79 Å². The Morgan fingerprint density at radius 1 is 1.37 bits per heavy atom. The fourth-order valence-corrected chi connectivity index (χ4v) is 8.06. The number of thioether (sulfide) groups is 1. The number of hydrogen-bond donors (Lipinski definition) is 1. The van der Waals surface area contributed by atoms with E-state index in [9.17, 15) is 9.90 Å². The SMILES string of the molecule is Cc1nc2c(s1)C[C@]1(C)CCC([C@H](C)C(=O)N3CCSCC3)[C@H](O)[C@H]1[C@@H]2C. The zero-order valence-corrected chi connectivity index (χ0v) is 18.5. The predicted octanol–water partition coefficient (Wildman–Crippen LogP) is 3.72. The third-order valence-corrected chi connectivity index (χ3v) is 9.31. The number of rotatable bonds is 2.